The van der Waals surface area contributed by atoms with Crippen molar-refractivity contribution >= 4 is 16.8 Å². The van der Waals surface area contributed by atoms with Crippen LogP contribution in [-0.2, 0) is 6.42 Å². The zero-order valence-corrected chi connectivity index (χ0v) is 18.2. The molecule has 0 atom stereocenters. The SMILES string of the molecule is CCOc1cc(-c2ccnc(OC)c2)nc2cc(C(=O)NCCc3[nH]nnc3C)ccc12. The lowest BCUT2D eigenvalue weighted by Gasteiger charge is -2.12. The quantitative estimate of drug-likeness (QED) is 0.440. The summed E-state index contributed by atoms with van der Waals surface area (Å²) in [5, 5.41) is 14.3. The van der Waals surface area contributed by atoms with E-state index in [1.165, 1.54) is 0 Å². The molecule has 0 aliphatic rings. The molecule has 9 nitrogen and oxygen atoms in total. The Hall–Kier alpha value is -4.01. The summed E-state index contributed by atoms with van der Waals surface area (Å²) in [5.41, 5.74) is 4.49. The molecule has 0 spiro atoms. The van der Waals surface area contributed by atoms with Gasteiger partial charge in [-0.25, -0.2) is 9.97 Å². The fraction of sp³-hybridized carbons (Fsp3) is 0.261. The number of methoxy groups -OCH3 is 1. The van der Waals surface area contributed by atoms with Crippen molar-refractivity contribution in [2.45, 2.75) is 20.3 Å². The average molecular weight is 432 g/mol. The molecule has 3 heterocycles. The third-order valence-corrected chi connectivity index (χ3v) is 5.06. The molecule has 4 rings (SSSR count). The van der Waals surface area contributed by atoms with E-state index in [0.29, 0.717) is 48.0 Å². The Morgan fingerprint density at radius 2 is 2.06 bits per heavy atom. The predicted molar refractivity (Wildman–Crippen MR) is 120 cm³/mol. The normalized spacial score (nSPS) is 10.8. The van der Waals surface area contributed by atoms with Crippen molar-refractivity contribution < 1.29 is 14.3 Å². The number of rotatable bonds is 8. The second kappa shape index (κ2) is 9.42. The molecule has 2 N–H and O–H groups in total. The van der Waals surface area contributed by atoms with Gasteiger partial charge in [-0.3, -0.25) is 9.89 Å². The van der Waals surface area contributed by atoms with Gasteiger partial charge < -0.3 is 14.8 Å². The Kier molecular flexibility index (Phi) is 6.25. The van der Waals surface area contributed by atoms with Crippen LogP contribution in [0.5, 0.6) is 11.6 Å². The van der Waals surface area contributed by atoms with E-state index in [9.17, 15) is 4.79 Å². The van der Waals surface area contributed by atoms with Gasteiger partial charge in [0.2, 0.25) is 5.88 Å². The number of carbonyl (C=O) groups is 1. The van der Waals surface area contributed by atoms with Crippen molar-refractivity contribution in [1.82, 2.24) is 30.7 Å². The number of carbonyl (C=O) groups excluding carboxylic acids is 1. The first kappa shape index (κ1) is 21.2. The molecule has 0 saturated carbocycles. The van der Waals surface area contributed by atoms with Gasteiger partial charge in [0, 0.05) is 47.8 Å². The van der Waals surface area contributed by atoms with Gasteiger partial charge in [0.1, 0.15) is 5.75 Å². The molecule has 9 heteroatoms. The van der Waals surface area contributed by atoms with Gasteiger partial charge in [0.15, 0.2) is 0 Å². The van der Waals surface area contributed by atoms with Gasteiger partial charge in [0.05, 0.1) is 36.3 Å². The van der Waals surface area contributed by atoms with Gasteiger partial charge >= 0.3 is 0 Å². The van der Waals surface area contributed by atoms with Crippen molar-refractivity contribution in [1.29, 1.82) is 0 Å². The maximum Gasteiger partial charge on any atom is 0.251 e. The minimum atomic E-state index is -0.173. The summed E-state index contributed by atoms with van der Waals surface area (Å²) in [7, 11) is 1.57. The first-order valence-corrected chi connectivity index (χ1v) is 10.3. The molecule has 4 aromatic rings. The third-order valence-electron chi connectivity index (χ3n) is 5.06. The van der Waals surface area contributed by atoms with Crippen molar-refractivity contribution in [3.63, 3.8) is 0 Å². The van der Waals surface area contributed by atoms with Crippen LogP contribution in [0.2, 0.25) is 0 Å². The fourth-order valence-corrected chi connectivity index (χ4v) is 3.38. The smallest absolute Gasteiger partial charge is 0.251 e. The molecule has 0 fully saturated rings. The number of benzene rings is 1. The lowest BCUT2D eigenvalue weighted by Crippen LogP contribution is -2.25. The number of amides is 1. The number of nitrogens with zero attached hydrogens (tertiary/aromatic N) is 4. The summed E-state index contributed by atoms with van der Waals surface area (Å²) in [6.45, 7) is 4.79. The zero-order valence-electron chi connectivity index (χ0n) is 18.2. The minimum Gasteiger partial charge on any atom is -0.493 e. The molecule has 0 saturated heterocycles. The highest BCUT2D eigenvalue weighted by Gasteiger charge is 2.13. The van der Waals surface area contributed by atoms with Crippen LogP contribution in [0.4, 0.5) is 0 Å². The van der Waals surface area contributed by atoms with Crippen LogP contribution in [0.3, 0.4) is 0 Å². The van der Waals surface area contributed by atoms with Gasteiger partial charge in [-0.05, 0) is 38.1 Å². The summed E-state index contributed by atoms with van der Waals surface area (Å²) in [5.74, 6) is 1.03. The van der Waals surface area contributed by atoms with Crippen LogP contribution in [-0.4, -0.2) is 51.5 Å². The molecular weight excluding hydrogens is 408 g/mol. The third kappa shape index (κ3) is 4.51. The molecule has 0 unspecified atom stereocenters. The van der Waals surface area contributed by atoms with Gasteiger partial charge in [-0.15, -0.1) is 5.10 Å². The van der Waals surface area contributed by atoms with E-state index in [2.05, 4.69) is 25.7 Å². The van der Waals surface area contributed by atoms with E-state index in [1.807, 2.05) is 38.1 Å². The summed E-state index contributed by atoms with van der Waals surface area (Å²) in [4.78, 5) is 21.6. The van der Waals surface area contributed by atoms with Crippen molar-refractivity contribution in [3.8, 4) is 22.9 Å². The topological polar surface area (TPSA) is 115 Å². The first-order valence-electron chi connectivity index (χ1n) is 10.3. The lowest BCUT2D eigenvalue weighted by atomic mass is 10.1. The molecule has 0 aliphatic carbocycles. The van der Waals surface area contributed by atoms with E-state index >= 15 is 0 Å². The molecule has 164 valence electrons. The van der Waals surface area contributed by atoms with E-state index < -0.39 is 0 Å². The van der Waals surface area contributed by atoms with E-state index in [0.717, 1.165) is 22.3 Å². The monoisotopic (exact) mass is 432 g/mol. The Morgan fingerprint density at radius 3 is 2.81 bits per heavy atom. The molecule has 3 aromatic heterocycles. The highest BCUT2D eigenvalue weighted by atomic mass is 16.5. The molecule has 0 radical (unpaired) electrons. The second-order valence-corrected chi connectivity index (χ2v) is 7.14. The second-order valence-electron chi connectivity index (χ2n) is 7.14. The summed E-state index contributed by atoms with van der Waals surface area (Å²) in [6, 6.07) is 11.0. The van der Waals surface area contributed by atoms with E-state index in [1.54, 1.807) is 25.4 Å². The summed E-state index contributed by atoms with van der Waals surface area (Å²) >= 11 is 0. The standard InChI is InChI=1S/C23H24N6O3/c1-4-32-21-13-19(15-7-9-24-22(12-15)31-3)26-20-11-16(5-6-17(20)21)23(30)25-10-8-18-14(2)27-29-28-18/h5-7,9,11-13H,4,8,10H2,1-3H3,(H,25,30)(H,27,28,29). The Labute approximate surface area is 185 Å². The Balaban J connectivity index is 1.62. The maximum atomic E-state index is 12.7. The van der Waals surface area contributed by atoms with Gasteiger partial charge in [0.25, 0.3) is 5.91 Å². The number of aromatic nitrogens is 5. The number of pyridine rings is 2. The van der Waals surface area contributed by atoms with Crippen LogP contribution >= 0.6 is 0 Å². The molecule has 0 aliphatic heterocycles. The Bertz CT molecular complexity index is 1250. The predicted octanol–water partition coefficient (Wildman–Crippen LogP) is 3.10. The van der Waals surface area contributed by atoms with Crippen molar-refractivity contribution in [2.24, 2.45) is 0 Å². The van der Waals surface area contributed by atoms with Crippen LogP contribution in [0.1, 0.15) is 28.7 Å². The summed E-state index contributed by atoms with van der Waals surface area (Å²) in [6.07, 6.45) is 2.29. The van der Waals surface area contributed by atoms with Crippen LogP contribution < -0.4 is 14.8 Å². The van der Waals surface area contributed by atoms with Crippen LogP contribution in [0.25, 0.3) is 22.2 Å². The Morgan fingerprint density at radius 1 is 1.19 bits per heavy atom. The molecule has 1 amide bonds. The number of nitrogens with one attached hydrogen (secondary N) is 2. The fourth-order valence-electron chi connectivity index (χ4n) is 3.38. The largest absolute Gasteiger partial charge is 0.493 e. The number of fused-ring (bicyclic) bond motifs is 1. The van der Waals surface area contributed by atoms with Gasteiger partial charge in [-0.2, -0.15) is 0 Å². The molecular formula is C23H24N6O3. The van der Waals surface area contributed by atoms with Gasteiger partial charge in [-0.1, -0.05) is 5.21 Å². The minimum absolute atomic E-state index is 0.173. The first-order chi connectivity index (χ1) is 15.6. The van der Waals surface area contributed by atoms with Crippen molar-refractivity contribution in [2.75, 3.05) is 20.3 Å². The number of hydrogen-bond donors (Lipinski definition) is 2. The van der Waals surface area contributed by atoms with Crippen LogP contribution in [0.15, 0.2) is 42.6 Å². The zero-order chi connectivity index (χ0) is 22.5. The molecule has 1 aromatic carbocycles. The molecule has 32 heavy (non-hydrogen) atoms. The molecule has 0 bridgehead atoms. The van der Waals surface area contributed by atoms with E-state index in [-0.39, 0.29) is 5.91 Å². The van der Waals surface area contributed by atoms with Crippen LogP contribution in [0, 0.1) is 6.92 Å². The number of aromatic amines is 1. The number of ether oxygens (including phenoxy) is 2. The summed E-state index contributed by atoms with van der Waals surface area (Å²) < 4.78 is 11.1. The highest BCUT2D eigenvalue weighted by Crippen LogP contribution is 2.31. The number of hydrogen-bond acceptors (Lipinski definition) is 7. The number of aryl methyl sites for hydroxylation is 1. The maximum absolute atomic E-state index is 12.7. The number of H-pyrrole nitrogens is 1. The van der Waals surface area contributed by atoms with E-state index in [4.69, 9.17) is 14.5 Å². The highest BCUT2D eigenvalue weighted by molar-refractivity contribution is 5.99. The van der Waals surface area contributed by atoms with Crippen molar-refractivity contribution in [3.05, 3.63) is 59.5 Å². The average Bonchev–Trinajstić information content (AvgIpc) is 3.23. The lowest BCUT2D eigenvalue weighted by molar-refractivity contribution is 0.0954.